The lowest BCUT2D eigenvalue weighted by atomic mass is 10.2. The molecule has 1 rings (SSSR count). The number of hydrogen-bond acceptors (Lipinski definition) is 4. The largest absolute Gasteiger partial charge is 0.369 e. The zero-order valence-electron chi connectivity index (χ0n) is 6.50. The second-order valence-electron chi connectivity index (χ2n) is 2.56. The standard InChI is InChI=1S/C7H11N3O/c1-6(2-8)3-9-10-7-4-11-5-7/h6,9H,3-5H2,1H3. The van der Waals surface area contributed by atoms with Gasteiger partial charge in [-0.2, -0.15) is 10.4 Å². The van der Waals surface area contributed by atoms with Crippen LogP contribution in [-0.4, -0.2) is 25.5 Å². The van der Waals surface area contributed by atoms with Crippen LogP contribution in [0.4, 0.5) is 0 Å². The third-order valence-electron chi connectivity index (χ3n) is 1.39. The van der Waals surface area contributed by atoms with Gasteiger partial charge < -0.3 is 10.2 Å². The second kappa shape index (κ2) is 3.94. The summed E-state index contributed by atoms with van der Waals surface area (Å²) < 4.78 is 4.88. The van der Waals surface area contributed by atoms with Gasteiger partial charge in [-0.05, 0) is 6.92 Å². The van der Waals surface area contributed by atoms with E-state index in [-0.39, 0.29) is 5.92 Å². The summed E-state index contributed by atoms with van der Waals surface area (Å²) in [7, 11) is 0. The van der Waals surface area contributed by atoms with Gasteiger partial charge in [-0.15, -0.1) is 0 Å². The van der Waals surface area contributed by atoms with E-state index >= 15 is 0 Å². The molecule has 0 radical (unpaired) electrons. The zero-order valence-corrected chi connectivity index (χ0v) is 6.50. The molecule has 1 heterocycles. The first-order valence-electron chi connectivity index (χ1n) is 3.58. The molecule has 0 spiro atoms. The van der Waals surface area contributed by atoms with Crippen LogP contribution in [0.15, 0.2) is 5.10 Å². The van der Waals surface area contributed by atoms with Gasteiger partial charge in [0.2, 0.25) is 0 Å². The van der Waals surface area contributed by atoms with Crippen LogP contribution in [0.1, 0.15) is 6.92 Å². The topological polar surface area (TPSA) is 57.4 Å². The summed E-state index contributed by atoms with van der Waals surface area (Å²) in [6, 6.07) is 2.11. The molecule has 0 bridgehead atoms. The van der Waals surface area contributed by atoms with Crippen molar-refractivity contribution in [1.29, 1.82) is 5.26 Å². The molecule has 60 valence electrons. The molecule has 1 aliphatic heterocycles. The molecule has 1 atom stereocenters. The highest BCUT2D eigenvalue weighted by Gasteiger charge is 2.09. The lowest BCUT2D eigenvalue weighted by Gasteiger charge is -2.15. The predicted molar refractivity (Wildman–Crippen MR) is 41.0 cm³/mol. The van der Waals surface area contributed by atoms with Crippen molar-refractivity contribution in [2.45, 2.75) is 6.92 Å². The molecule has 0 aromatic carbocycles. The van der Waals surface area contributed by atoms with Gasteiger partial charge in [0.1, 0.15) is 0 Å². The van der Waals surface area contributed by atoms with Crippen molar-refractivity contribution in [2.24, 2.45) is 11.0 Å². The minimum absolute atomic E-state index is 0.0142. The van der Waals surface area contributed by atoms with Crippen molar-refractivity contribution in [2.75, 3.05) is 19.8 Å². The maximum absolute atomic E-state index is 8.41. The molecule has 11 heavy (non-hydrogen) atoms. The average molecular weight is 153 g/mol. The van der Waals surface area contributed by atoms with E-state index in [1.807, 2.05) is 6.92 Å². The summed E-state index contributed by atoms with van der Waals surface area (Å²) in [5.41, 5.74) is 3.85. The van der Waals surface area contributed by atoms with Crippen LogP contribution in [0.2, 0.25) is 0 Å². The fourth-order valence-corrected chi connectivity index (χ4v) is 0.598. The third-order valence-corrected chi connectivity index (χ3v) is 1.39. The van der Waals surface area contributed by atoms with E-state index in [9.17, 15) is 0 Å². The highest BCUT2D eigenvalue weighted by atomic mass is 16.5. The molecular formula is C7H11N3O. The first kappa shape index (κ1) is 8.02. The van der Waals surface area contributed by atoms with Gasteiger partial charge in [0.15, 0.2) is 0 Å². The van der Waals surface area contributed by atoms with Gasteiger partial charge in [-0.1, -0.05) is 0 Å². The van der Waals surface area contributed by atoms with E-state index in [1.165, 1.54) is 0 Å². The molecule has 4 nitrogen and oxygen atoms in total. The van der Waals surface area contributed by atoms with Gasteiger partial charge >= 0.3 is 0 Å². The third kappa shape index (κ3) is 2.56. The molecule has 1 saturated heterocycles. The van der Waals surface area contributed by atoms with Crippen LogP contribution in [0, 0.1) is 17.2 Å². The van der Waals surface area contributed by atoms with Crippen molar-refractivity contribution in [3.05, 3.63) is 0 Å². The number of hydrazone groups is 1. The van der Waals surface area contributed by atoms with E-state index in [0.717, 1.165) is 5.71 Å². The lowest BCUT2D eigenvalue weighted by Crippen LogP contribution is -2.30. The van der Waals surface area contributed by atoms with E-state index in [4.69, 9.17) is 10.00 Å². The highest BCUT2D eigenvalue weighted by molar-refractivity contribution is 5.90. The SMILES string of the molecule is CC(C#N)CNN=C1COC1. The summed E-state index contributed by atoms with van der Waals surface area (Å²) >= 11 is 0. The molecule has 1 aliphatic rings. The van der Waals surface area contributed by atoms with Crippen LogP contribution < -0.4 is 5.43 Å². The molecule has 0 amide bonds. The molecule has 0 aromatic rings. The van der Waals surface area contributed by atoms with Crippen molar-refractivity contribution in [3.63, 3.8) is 0 Å². The Bertz CT molecular complexity index is 188. The maximum Gasteiger partial charge on any atom is 0.0895 e. The summed E-state index contributed by atoms with van der Waals surface area (Å²) in [6.07, 6.45) is 0. The highest BCUT2D eigenvalue weighted by Crippen LogP contribution is 1.94. The Labute approximate surface area is 65.8 Å². The quantitative estimate of drug-likeness (QED) is 0.586. The lowest BCUT2D eigenvalue weighted by molar-refractivity contribution is 0.158. The Kier molecular flexibility index (Phi) is 2.87. The fraction of sp³-hybridized carbons (Fsp3) is 0.714. The van der Waals surface area contributed by atoms with Crippen LogP contribution in [0.25, 0.3) is 0 Å². The summed E-state index contributed by atoms with van der Waals surface area (Å²) in [6.45, 7) is 3.73. The number of nitriles is 1. The van der Waals surface area contributed by atoms with Crippen molar-refractivity contribution in [3.8, 4) is 6.07 Å². The minimum atomic E-state index is 0.0142. The van der Waals surface area contributed by atoms with Gasteiger partial charge in [0.25, 0.3) is 0 Å². The van der Waals surface area contributed by atoms with E-state index < -0.39 is 0 Å². The summed E-state index contributed by atoms with van der Waals surface area (Å²) in [4.78, 5) is 0. The summed E-state index contributed by atoms with van der Waals surface area (Å²) in [5.74, 6) is 0.0142. The number of nitrogens with one attached hydrogen (secondary N) is 1. The Balaban J connectivity index is 2.08. The molecule has 4 heteroatoms. The van der Waals surface area contributed by atoms with E-state index in [1.54, 1.807) is 0 Å². The van der Waals surface area contributed by atoms with Gasteiger partial charge in [-0.25, -0.2) is 0 Å². The molecule has 0 saturated carbocycles. The van der Waals surface area contributed by atoms with Crippen LogP contribution in [0.3, 0.4) is 0 Å². The van der Waals surface area contributed by atoms with Crippen molar-refractivity contribution < 1.29 is 4.74 Å². The van der Waals surface area contributed by atoms with Crippen LogP contribution in [0.5, 0.6) is 0 Å². The van der Waals surface area contributed by atoms with Crippen LogP contribution in [-0.2, 0) is 4.74 Å². The zero-order chi connectivity index (χ0) is 8.10. The number of hydrogen-bond donors (Lipinski definition) is 1. The summed E-state index contributed by atoms with van der Waals surface area (Å²) in [5, 5.41) is 12.4. The Morgan fingerprint density at radius 2 is 2.55 bits per heavy atom. The Morgan fingerprint density at radius 1 is 1.82 bits per heavy atom. The molecule has 0 aliphatic carbocycles. The first-order valence-corrected chi connectivity index (χ1v) is 3.58. The normalized spacial score (nSPS) is 18.0. The average Bonchev–Trinajstić information content (AvgIpc) is 1.94. The molecule has 1 N–H and O–H groups in total. The van der Waals surface area contributed by atoms with Gasteiger partial charge in [0.05, 0.1) is 30.9 Å². The van der Waals surface area contributed by atoms with Crippen LogP contribution >= 0.6 is 0 Å². The molecule has 1 fully saturated rings. The van der Waals surface area contributed by atoms with Gasteiger partial charge in [0, 0.05) is 6.54 Å². The molecule has 0 aromatic heterocycles. The van der Waals surface area contributed by atoms with Crippen molar-refractivity contribution >= 4 is 5.71 Å². The molecule has 1 unspecified atom stereocenters. The Morgan fingerprint density at radius 3 is 3.00 bits per heavy atom. The van der Waals surface area contributed by atoms with E-state index in [2.05, 4.69) is 16.6 Å². The number of nitrogens with zero attached hydrogens (tertiary/aromatic N) is 2. The predicted octanol–water partition coefficient (Wildman–Crippen LogP) is 0.122. The fourth-order valence-electron chi connectivity index (χ4n) is 0.598. The minimum Gasteiger partial charge on any atom is -0.369 e. The maximum atomic E-state index is 8.41. The number of ether oxygens (including phenoxy) is 1. The monoisotopic (exact) mass is 153 g/mol. The van der Waals surface area contributed by atoms with Gasteiger partial charge in [-0.3, -0.25) is 0 Å². The van der Waals surface area contributed by atoms with E-state index in [0.29, 0.717) is 19.8 Å². The molecular weight excluding hydrogens is 142 g/mol. The number of rotatable bonds is 3. The Hall–Kier alpha value is -1.08. The first-order chi connectivity index (χ1) is 5.33. The second-order valence-corrected chi connectivity index (χ2v) is 2.56. The smallest absolute Gasteiger partial charge is 0.0895 e. The van der Waals surface area contributed by atoms with Crippen molar-refractivity contribution in [1.82, 2.24) is 5.43 Å².